The number of aromatic nitrogens is 2. The van der Waals surface area contributed by atoms with Gasteiger partial charge in [0.1, 0.15) is 4.60 Å². The summed E-state index contributed by atoms with van der Waals surface area (Å²) in [6, 6.07) is 6.11. The number of hydrogen-bond donors (Lipinski definition) is 2. The summed E-state index contributed by atoms with van der Waals surface area (Å²) in [5.41, 5.74) is 3.33. The second-order valence-corrected chi connectivity index (χ2v) is 4.13. The van der Waals surface area contributed by atoms with Crippen molar-refractivity contribution < 1.29 is 0 Å². The first-order chi connectivity index (χ1) is 7.25. The molecule has 78 valence electrons. The number of anilines is 1. The Bertz CT molecular complexity index is 437. The minimum atomic E-state index is 0.787. The molecule has 0 fully saturated rings. The van der Waals surface area contributed by atoms with Crippen LogP contribution in [0.25, 0.3) is 0 Å². The second-order valence-electron chi connectivity index (χ2n) is 3.38. The lowest BCUT2D eigenvalue weighted by Gasteiger charge is -2.06. The van der Waals surface area contributed by atoms with E-state index in [0.29, 0.717) is 0 Å². The molecule has 0 saturated carbocycles. The van der Waals surface area contributed by atoms with E-state index >= 15 is 0 Å². The van der Waals surface area contributed by atoms with Gasteiger partial charge in [0.05, 0.1) is 18.4 Å². The molecule has 2 aromatic rings. The van der Waals surface area contributed by atoms with Gasteiger partial charge in [-0.05, 0) is 46.6 Å². The Balaban J connectivity index is 2.02. The zero-order valence-corrected chi connectivity index (χ0v) is 10.0. The third-order valence-corrected chi connectivity index (χ3v) is 2.99. The Morgan fingerprint density at radius 2 is 2.40 bits per heavy atom. The van der Waals surface area contributed by atoms with Crippen LogP contribution >= 0.6 is 15.9 Å². The van der Waals surface area contributed by atoms with E-state index in [2.05, 4.69) is 37.3 Å². The molecule has 0 aromatic carbocycles. The molecule has 2 heterocycles. The fraction of sp³-hybridized carbons (Fsp3) is 0.182. The first kappa shape index (κ1) is 10.2. The van der Waals surface area contributed by atoms with Crippen LogP contribution in [-0.4, -0.2) is 9.97 Å². The van der Waals surface area contributed by atoms with Gasteiger partial charge in [0.2, 0.25) is 0 Å². The van der Waals surface area contributed by atoms with E-state index in [4.69, 9.17) is 0 Å². The Hall–Kier alpha value is -1.29. The summed E-state index contributed by atoms with van der Waals surface area (Å²) in [6.45, 7) is 2.81. The summed E-state index contributed by atoms with van der Waals surface area (Å²) in [7, 11) is 0. The van der Waals surface area contributed by atoms with Crippen LogP contribution in [0.2, 0.25) is 0 Å². The first-order valence-corrected chi connectivity index (χ1v) is 5.53. The topological polar surface area (TPSA) is 40.7 Å². The Morgan fingerprint density at radius 1 is 1.53 bits per heavy atom. The van der Waals surface area contributed by atoms with Crippen molar-refractivity contribution in [3.8, 4) is 0 Å². The van der Waals surface area contributed by atoms with Crippen molar-refractivity contribution >= 4 is 21.6 Å². The normalized spacial score (nSPS) is 10.3. The summed E-state index contributed by atoms with van der Waals surface area (Å²) in [5, 5.41) is 3.30. The van der Waals surface area contributed by atoms with Crippen molar-refractivity contribution in [1.29, 1.82) is 0 Å². The number of aryl methyl sites for hydroxylation is 1. The second kappa shape index (κ2) is 4.49. The maximum absolute atomic E-state index is 4.22. The van der Waals surface area contributed by atoms with E-state index < -0.39 is 0 Å². The van der Waals surface area contributed by atoms with Gasteiger partial charge < -0.3 is 10.3 Å². The largest absolute Gasteiger partial charge is 0.378 e. The molecule has 0 aliphatic carbocycles. The fourth-order valence-electron chi connectivity index (χ4n) is 1.33. The highest BCUT2D eigenvalue weighted by atomic mass is 79.9. The van der Waals surface area contributed by atoms with Gasteiger partial charge in [-0.15, -0.1) is 0 Å². The number of pyridine rings is 1. The molecule has 4 heteroatoms. The SMILES string of the molecule is Cc1cc(NCc2ccc[nH]2)cnc1Br. The van der Waals surface area contributed by atoms with E-state index in [1.807, 2.05) is 31.5 Å². The first-order valence-electron chi connectivity index (χ1n) is 4.74. The van der Waals surface area contributed by atoms with Crippen molar-refractivity contribution in [3.63, 3.8) is 0 Å². The molecule has 0 atom stereocenters. The van der Waals surface area contributed by atoms with Gasteiger partial charge in [-0.3, -0.25) is 0 Å². The summed E-state index contributed by atoms with van der Waals surface area (Å²) in [5.74, 6) is 0. The number of H-pyrrole nitrogens is 1. The van der Waals surface area contributed by atoms with Crippen LogP contribution in [0.5, 0.6) is 0 Å². The number of nitrogens with zero attached hydrogens (tertiary/aromatic N) is 1. The van der Waals surface area contributed by atoms with Crippen LogP contribution in [0.4, 0.5) is 5.69 Å². The number of hydrogen-bond acceptors (Lipinski definition) is 2. The highest BCUT2D eigenvalue weighted by Crippen LogP contribution is 2.17. The fourth-order valence-corrected chi connectivity index (χ4v) is 1.55. The Morgan fingerprint density at radius 3 is 3.07 bits per heavy atom. The molecule has 0 bridgehead atoms. The lowest BCUT2D eigenvalue weighted by Crippen LogP contribution is -2.00. The summed E-state index contributed by atoms with van der Waals surface area (Å²) in [6.07, 6.45) is 3.74. The number of rotatable bonds is 3. The molecule has 0 unspecified atom stereocenters. The van der Waals surface area contributed by atoms with E-state index in [-0.39, 0.29) is 0 Å². The van der Waals surface area contributed by atoms with Gasteiger partial charge in [-0.25, -0.2) is 4.98 Å². The summed E-state index contributed by atoms with van der Waals surface area (Å²) in [4.78, 5) is 7.36. The highest BCUT2D eigenvalue weighted by molar-refractivity contribution is 9.10. The van der Waals surface area contributed by atoms with Crippen LogP contribution in [0.3, 0.4) is 0 Å². The average Bonchev–Trinajstić information content (AvgIpc) is 2.73. The number of aromatic amines is 1. The van der Waals surface area contributed by atoms with Crippen molar-refractivity contribution in [3.05, 3.63) is 46.5 Å². The maximum atomic E-state index is 4.22. The van der Waals surface area contributed by atoms with E-state index in [1.54, 1.807) is 0 Å². The molecule has 2 rings (SSSR count). The minimum Gasteiger partial charge on any atom is -0.378 e. The molecular formula is C11H12BrN3. The quantitative estimate of drug-likeness (QED) is 0.838. The average molecular weight is 266 g/mol. The van der Waals surface area contributed by atoms with Gasteiger partial charge in [0.25, 0.3) is 0 Å². The lowest BCUT2D eigenvalue weighted by molar-refractivity contribution is 1.06. The van der Waals surface area contributed by atoms with Crippen molar-refractivity contribution in [1.82, 2.24) is 9.97 Å². The molecule has 3 nitrogen and oxygen atoms in total. The molecular weight excluding hydrogens is 254 g/mol. The molecule has 0 amide bonds. The molecule has 0 saturated heterocycles. The van der Waals surface area contributed by atoms with Crippen LogP contribution < -0.4 is 5.32 Å². The zero-order valence-electron chi connectivity index (χ0n) is 8.42. The lowest BCUT2D eigenvalue weighted by atomic mass is 10.3. The van der Waals surface area contributed by atoms with Gasteiger partial charge in [-0.1, -0.05) is 0 Å². The van der Waals surface area contributed by atoms with Crippen LogP contribution in [0.15, 0.2) is 35.2 Å². The smallest absolute Gasteiger partial charge is 0.109 e. The third kappa shape index (κ3) is 2.59. The van der Waals surface area contributed by atoms with Gasteiger partial charge in [0.15, 0.2) is 0 Å². The van der Waals surface area contributed by atoms with Crippen LogP contribution in [0, 0.1) is 6.92 Å². The monoisotopic (exact) mass is 265 g/mol. The Labute approximate surface area is 97.1 Å². The van der Waals surface area contributed by atoms with Gasteiger partial charge >= 0.3 is 0 Å². The van der Waals surface area contributed by atoms with E-state index in [0.717, 1.165) is 28.1 Å². The van der Waals surface area contributed by atoms with Crippen LogP contribution in [-0.2, 0) is 6.54 Å². The molecule has 0 spiro atoms. The summed E-state index contributed by atoms with van der Waals surface area (Å²) < 4.78 is 0.896. The van der Waals surface area contributed by atoms with Crippen molar-refractivity contribution in [2.45, 2.75) is 13.5 Å². The molecule has 15 heavy (non-hydrogen) atoms. The summed E-state index contributed by atoms with van der Waals surface area (Å²) >= 11 is 3.37. The predicted octanol–water partition coefficient (Wildman–Crippen LogP) is 3.09. The maximum Gasteiger partial charge on any atom is 0.109 e. The highest BCUT2D eigenvalue weighted by Gasteiger charge is 1.98. The molecule has 0 aliphatic rings. The van der Waals surface area contributed by atoms with E-state index in [9.17, 15) is 0 Å². The van der Waals surface area contributed by atoms with Crippen molar-refractivity contribution in [2.24, 2.45) is 0 Å². The van der Waals surface area contributed by atoms with E-state index in [1.165, 1.54) is 0 Å². The molecule has 2 aromatic heterocycles. The van der Waals surface area contributed by atoms with Crippen molar-refractivity contribution in [2.75, 3.05) is 5.32 Å². The molecule has 0 aliphatic heterocycles. The molecule has 0 radical (unpaired) electrons. The number of halogens is 1. The number of nitrogens with one attached hydrogen (secondary N) is 2. The van der Waals surface area contributed by atoms with Gasteiger partial charge in [-0.2, -0.15) is 0 Å². The van der Waals surface area contributed by atoms with Crippen LogP contribution in [0.1, 0.15) is 11.3 Å². The standard InChI is InChI=1S/C11H12BrN3/c1-8-5-10(7-15-11(8)12)14-6-9-3-2-4-13-9/h2-5,7,13-14H,6H2,1H3. The zero-order chi connectivity index (χ0) is 10.7. The predicted molar refractivity (Wildman–Crippen MR) is 64.8 cm³/mol. The third-order valence-electron chi connectivity index (χ3n) is 2.16. The van der Waals surface area contributed by atoms with Gasteiger partial charge in [0, 0.05) is 11.9 Å². The minimum absolute atomic E-state index is 0.787. The Kier molecular flexibility index (Phi) is 3.06. The molecule has 2 N–H and O–H groups in total.